The summed E-state index contributed by atoms with van der Waals surface area (Å²) in [5.41, 5.74) is -0.590. The lowest BCUT2D eigenvalue weighted by molar-refractivity contribution is 0.0524. The second-order valence-corrected chi connectivity index (χ2v) is 2.63. The first-order valence-corrected chi connectivity index (χ1v) is 4.09. The minimum Gasteiger partial charge on any atom is -0.462 e. The van der Waals surface area contributed by atoms with Crippen molar-refractivity contribution >= 4 is 17.6 Å². The van der Waals surface area contributed by atoms with E-state index >= 15 is 0 Å². The van der Waals surface area contributed by atoms with Crippen LogP contribution >= 0.6 is 11.6 Å². The zero-order valence-corrected chi connectivity index (χ0v) is 7.72. The van der Waals surface area contributed by atoms with E-state index < -0.39 is 11.4 Å². The number of ether oxygens (including phenoxy) is 1. The van der Waals surface area contributed by atoms with E-state index in [1.807, 2.05) is 0 Å². The summed E-state index contributed by atoms with van der Waals surface area (Å²) in [7, 11) is 0. The van der Waals surface area contributed by atoms with Crippen molar-refractivity contribution < 1.29 is 9.53 Å². The molecule has 0 aliphatic carbocycles. The Hall–Kier alpha value is -1.29. The van der Waals surface area contributed by atoms with Crippen LogP contribution in [0.5, 0.6) is 0 Å². The number of carbonyl (C=O) groups excluding carboxylic acids is 1. The standard InChI is InChI=1S/C8H8ClNO3/c1-2-13-8(12)6-5(11)3-4-10-7(6)9/h3-4H,2H2,1H3,(H,10,11). The highest BCUT2D eigenvalue weighted by atomic mass is 35.5. The van der Waals surface area contributed by atoms with E-state index in [0.29, 0.717) is 0 Å². The maximum absolute atomic E-state index is 11.2. The first-order chi connectivity index (χ1) is 6.16. The summed E-state index contributed by atoms with van der Waals surface area (Å²) in [5.74, 6) is -0.700. The number of esters is 1. The molecule has 13 heavy (non-hydrogen) atoms. The van der Waals surface area contributed by atoms with Crippen molar-refractivity contribution in [2.24, 2.45) is 0 Å². The number of aromatic amines is 1. The Labute approximate surface area is 79.5 Å². The number of pyridine rings is 1. The number of halogens is 1. The Morgan fingerprint density at radius 2 is 2.38 bits per heavy atom. The Morgan fingerprint density at radius 3 is 2.92 bits per heavy atom. The van der Waals surface area contributed by atoms with Gasteiger partial charge in [0, 0.05) is 12.3 Å². The molecule has 0 bridgehead atoms. The van der Waals surface area contributed by atoms with E-state index in [0.717, 1.165) is 0 Å². The largest absolute Gasteiger partial charge is 0.462 e. The molecule has 1 heterocycles. The fourth-order valence-corrected chi connectivity index (χ4v) is 1.08. The molecular formula is C8H8ClNO3. The van der Waals surface area contributed by atoms with E-state index in [4.69, 9.17) is 11.6 Å². The third kappa shape index (κ3) is 2.09. The molecule has 0 unspecified atom stereocenters. The van der Waals surface area contributed by atoms with Gasteiger partial charge in [-0.15, -0.1) is 0 Å². The van der Waals surface area contributed by atoms with Crippen molar-refractivity contribution in [3.05, 3.63) is 33.2 Å². The SMILES string of the molecule is CCOC(=O)c1c(Cl)[nH]ccc1=O. The van der Waals surface area contributed by atoms with Crippen molar-refractivity contribution in [3.8, 4) is 0 Å². The Morgan fingerprint density at radius 1 is 1.69 bits per heavy atom. The molecule has 4 nitrogen and oxygen atoms in total. The molecule has 1 aromatic heterocycles. The van der Waals surface area contributed by atoms with E-state index in [-0.39, 0.29) is 17.3 Å². The summed E-state index contributed by atoms with van der Waals surface area (Å²) >= 11 is 5.60. The zero-order valence-electron chi connectivity index (χ0n) is 6.96. The van der Waals surface area contributed by atoms with Crippen molar-refractivity contribution in [1.29, 1.82) is 0 Å². The Bertz CT molecular complexity index is 372. The van der Waals surface area contributed by atoms with Crippen molar-refractivity contribution in [2.75, 3.05) is 6.61 Å². The molecule has 1 N–H and O–H groups in total. The zero-order chi connectivity index (χ0) is 9.84. The lowest BCUT2D eigenvalue weighted by atomic mass is 10.3. The van der Waals surface area contributed by atoms with E-state index in [9.17, 15) is 9.59 Å². The average molecular weight is 202 g/mol. The highest BCUT2D eigenvalue weighted by molar-refractivity contribution is 6.32. The summed E-state index contributed by atoms with van der Waals surface area (Å²) in [6.45, 7) is 1.87. The van der Waals surface area contributed by atoms with Gasteiger partial charge in [-0.05, 0) is 6.92 Å². The smallest absolute Gasteiger partial charge is 0.345 e. The third-order valence-electron chi connectivity index (χ3n) is 1.39. The van der Waals surface area contributed by atoms with Gasteiger partial charge in [-0.3, -0.25) is 4.79 Å². The highest BCUT2D eigenvalue weighted by Crippen LogP contribution is 2.08. The van der Waals surface area contributed by atoms with E-state index in [1.165, 1.54) is 12.3 Å². The molecule has 0 fully saturated rings. The van der Waals surface area contributed by atoms with E-state index in [1.54, 1.807) is 6.92 Å². The molecule has 0 aromatic carbocycles. The first-order valence-electron chi connectivity index (χ1n) is 3.71. The predicted molar refractivity (Wildman–Crippen MR) is 48.0 cm³/mol. The van der Waals surface area contributed by atoms with Crippen LogP contribution in [-0.4, -0.2) is 17.6 Å². The topological polar surface area (TPSA) is 59.2 Å². The molecule has 1 aromatic rings. The molecule has 0 aliphatic rings. The number of hydrogen-bond donors (Lipinski definition) is 1. The summed E-state index contributed by atoms with van der Waals surface area (Å²) in [4.78, 5) is 24.9. The lowest BCUT2D eigenvalue weighted by Gasteiger charge is -2.01. The van der Waals surface area contributed by atoms with Crippen LogP contribution in [0.25, 0.3) is 0 Å². The van der Waals surface area contributed by atoms with Gasteiger partial charge in [-0.25, -0.2) is 4.79 Å². The van der Waals surface area contributed by atoms with Gasteiger partial charge in [-0.1, -0.05) is 11.6 Å². The highest BCUT2D eigenvalue weighted by Gasteiger charge is 2.15. The van der Waals surface area contributed by atoms with Crippen molar-refractivity contribution in [1.82, 2.24) is 4.98 Å². The number of carbonyl (C=O) groups is 1. The molecular weight excluding hydrogens is 194 g/mol. The first kappa shape index (κ1) is 9.80. The minimum absolute atomic E-state index is 0.00551. The molecule has 0 saturated heterocycles. The number of aromatic nitrogens is 1. The van der Waals surface area contributed by atoms with Gasteiger partial charge in [0.05, 0.1) is 6.61 Å². The third-order valence-corrected chi connectivity index (χ3v) is 1.69. The maximum Gasteiger partial charge on any atom is 0.345 e. The quantitative estimate of drug-likeness (QED) is 0.578. The van der Waals surface area contributed by atoms with Crippen LogP contribution in [0.15, 0.2) is 17.1 Å². The van der Waals surface area contributed by atoms with Gasteiger partial charge in [0.1, 0.15) is 10.7 Å². The van der Waals surface area contributed by atoms with Gasteiger partial charge in [0.2, 0.25) is 0 Å². The molecule has 0 radical (unpaired) electrons. The van der Waals surface area contributed by atoms with Crippen LogP contribution in [0.2, 0.25) is 5.15 Å². The monoisotopic (exact) mass is 201 g/mol. The molecule has 70 valence electrons. The van der Waals surface area contributed by atoms with Gasteiger partial charge in [0.25, 0.3) is 0 Å². The van der Waals surface area contributed by atoms with Crippen LogP contribution in [0, 0.1) is 0 Å². The van der Waals surface area contributed by atoms with Gasteiger partial charge in [0.15, 0.2) is 5.43 Å². The summed E-state index contributed by atoms with van der Waals surface area (Å²) < 4.78 is 4.65. The van der Waals surface area contributed by atoms with Gasteiger partial charge in [-0.2, -0.15) is 0 Å². The van der Waals surface area contributed by atoms with Crippen molar-refractivity contribution in [2.45, 2.75) is 6.92 Å². The molecule has 0 amide bonds. The predicted octanol–water partition coefficient (Wildman–Crippen LogP) is 1.21. The van der Waals surface area contributed by atoms with Crippen LogP contribution < -0.4 is 5.43 Å². The molecule has 0 atom stereocenters. The van der Waals surface area contributed by atoms with Gasteiger partial charge >= 0.3 is 5.97 Å². The van der Waals surface area contributed by atoms with Gasteiger partial charge < -0.3 is 9.72 Å². The molecule has 1 rings (SSSR count). The second-order valence-electron chi connectivity index (χ2n) is 2.25. The van der Waals surface area contributed by atoms with Crippen molar-refractivity contribution in [3.63, 3.8) is 0 Å². The number of hydrogen-bond acceptors (Lipinski definition) is 3. The van der Waals surface area contributed by atoms with Crippen LogP contribution in [0.1, 0.15) is 17.3 Å². The average Bonchev–Trinajstić information content (AvgIpc) is 2.04. The van der Waals surface area contributed by atoms with Crippen LogP contribution in [-0.2, 0) is 4.74 Å². The van der Waals surface area contributed by atoms with Crippen LogP contribution in [0.3, 0.4) is 0 Å². The number of rotatable bonds is 2. The second kappa shape index (κ2) is 4.09. The fraction of sp³-hybridized carbons (Fsp3) is 0.250. The molecule has 0 spiro atoms. The minimum atomic E-state index is -0.700. The lowest BCUT2D eigenvalue weighted by Crippen LogP contribution is -2.17. The van der Waals surface area contributed by atoms with Crippen LogP contribution in [0.4, 0.5) is 0 Å². The molecule has 5 heteroatoms. The fourth-order valence-electron chi connectivity index (χ4n) is 0.848. The summed E-state index contributed by atoms with van der Waals surface area (Å²) in [6.07, 6.45) is 1.37. The Balaban J connectivity index is 3.13. The summed E-state index contributed by atoms with van der Waals surface area (Å²) in [6, 6.07) is 1.22. The Kier molecular flexibility index (Phi) is 3.08. The molecule has 0 aliphatic heterocycles. The molecule has 0 saturated carbocycles. The number of H-pyrrole nitrogens is 1. The summed E-state index contributed by atoms with van der Waals surface area (Å²) in [5, 5.41) is 0.00551. The normalized spacial score (nSPS) is 9.69. The van der Waals surface area contributed by atoms with E-state index in [2.05, 4.69) is 9.72 Å². The number of nitrogens with one attached hydrogen (secondary N) is 1. The maximum atomic E-state index is 11.2.